The molecule has 1 unspecified atom stereocenters. The van der Waals surface area contributed by atoms with Crippen LogP contribution in [0, 0.1) is 3.57 Å². The Morgan fingerprint density at radius 3 is 2.57 bits per heavy atom. The van der Waals surface area contributed by atoms with E-state index < -0.39 is 5.60 Å². The van der Waals surface area contributed by atoms with Gasteiger partial charge in [-0.25, -0.2) is 4.79 Å². The zero-order chi connectivity index (χ0) is 17.0. The first-order valence-electron chi connectivity index (χ1n) is 7.62. The highest BCUT2D eigenvalue weighted by molar-refractivity contribution is 14.1. The number of rotatable bonds is 3. The number of morpholine rings is 1. The van der Waals surface area contributed by atoms with Gasteiger partial charge in [-0.3, -0.25) is 4.79 Å². The Morgan fingerprint density at radius 2 is 1.96 bits per heavy atom. The van der Waals surface area contributed by atoms with Crippen LogP contribution in [0.25, 0.3) is 0 Å². The molecule has 1 aliphatic heterocycles. The van der Waals surface area contributed by atoms with E-state index in [1.807, 2.05) is 45.0 Å². The monoisotopic (exact) mass is 431 g/mol. The second kappa shape index (κ2) is 7.61. The topological polar surface area (TPSA) is 55.8 Å². The molecule has 0 bridgehead atoms. The Bertz CT molecular complexity index is 565. The number of benzene rings is 1. The zero-order valence-corrected chi connectivity index (χ0v) is 15.8. The second-order valence-electron chi connectivity index (χ2n) is 6.54. The lowest BCUT2D eigenvalue weighted by atomic mass is 10.0. The van der Waals surface area contributed by atoms with E-state index in [0.29, 0.717) is 25.3 Å². The molecule has 126 valence electrons. The predicted molar refractivity (Wildman–Crippen MR) is 95.7 cm³/mol. The Labute approximate surface area is 150 Å². The van der Waals surface area contributed by atoms with Crippen molar-refractivity contribution in [2.24, 2.45) is 0 Å². The van der Waals surface area contributed by atoms with Gasteiger partial charge in [0.05, 0.1) is 19.3 Å². The molecular weight excluding hydrogens is 409 g/mol. The van der Waals surface area contributed by atoms with E-state index in [4.69, 9.17) is 9.47 Å². The average Bonchev–Trinajstić information content (AvgIpc) is 2.46. The van der Waals surface area contributed by atoms with Gasteiger partial charge in [0.2, 0.25) is 0 Å². The van der Waals surface area contributed by atoms with E-state index in [1.165, 1.54) is 0 Å². The van der Waals surface area contributed by atoms with E-state index >= 15 is 0 Å². The number of ketones is 1. The summed E-state index contributed by atoms with van der Waals surface area (Å²) in [7, 11) is 0. The molecule has 0 saturated carbocycles. The van der Waals surface area contributed by atoms with Crippen molar-refractivity contribution < 1.29 is 19.1 Å². The fourth-order valence-electron chi connectivity index (χ4n) is 2.35. The number of Topliss-reactive ketones (excluding diaryl/α,β-unsaturated/α-hetero) is 1. The Hall–Kier alpha value is -1.15. The van der Waals surface area contributed by atoms with Crippen LogP contribution in [0.4, 0.5) is 4.79 Å². The highest BCUT2D eigenvalue weighted by atomic mass is 127. The molecule has 0 radical (unpaired) electrons. The van der Waals surface area contributed by atoms with Crippen molar-refractivity contribution in [2.45, 2.75) is 38.8 Å². The quantitative estimate of drug-likeness (QED) is 0.543. The van der Waals surface area contributed by atoms with Gasteiger partial charge in [0.1, 0.15) is 5.60 Å². The highest BCUT2D eigenvalue weighted by Gasteiger charge is 2.32. The van der Waals surface area contributed by atoms with Crippen molar-refractivity contribution in [1.82, 2.24) is 4.90 Å². The van der Waals surface area contributed by atoms with Gasteiger partial charge in [0, 0.05) is 22.1 Å². The molecule has 1 amide bonds. The second-order valence-corrected chi connectivity index (χ2v) is 7.78. The lowest BCUT2D eigenvalue weighted by Gasteiger charge is -2.36. The molecule has 1 aromatic carbocycles. The number of ether oxygens (including phenoxy) is 2. The van der Waals surface area contributed by atoms with Crippen molar-refractivity contribution in [2.75, 3.05) is 19.8 Å². The van der Waals surface area contributed by atoms with Crippen molar-refractivity contribution in [3.05, 3.63) is 33.4 Å². The molecule has 6 heteroatoms. The molecular formula is C17H22INO4. The summed E-state index contributed by atoms with van der Waals surface area (Å²) >= 11 is 2.20. The molecule has 23 heavy (non-hydrogen) atoms. The fraction of sp³-hybridized carbons (Fsp3) is 0.529. The normalized spacial score (nSPS) is 18.6. The summed E-state index contributed by atoms with van der Waals surface area (Å²) in [4.78, 5) is 26.4. The number of hydrogen-bond donors (Lipinski definition) is 0. The van der Waals surface area contributed by atoms with E-state index in [1.54, 1.807) is 4.90 Å². The third kappa shape index (κ3) is 5.46. The van der Waals surface area contributed by atoms with Gasteiger partial charge in [-0.2, -0.15) is 0 Å². The molecule has 0 aliphatic carbocycles. The molecule has 1 atom stereocenters. The molecule has 2 rings (SSSR count). The Balaban J connectivity index is 2.04. The molecule has 1 aliphatic rings. The summed E-state index contributed by atoms with van der Waals surface area (Å²) < 4.78 is 12.0. The van der Waals surface area contributed by atoms with Crippen molar-refractivity contribution in [3.63, 3.8) is 0 Å². The standard InChI is InChI=1S/C17H22INO4/c1-17(2,3)23-16(21)19-8-9-22-11-14(19)10-15(20)12-4-6-13(18)7-5-12/h4-7,14H,8-11H2,1-3H3. The summed E-state index contributed by atoms with van der Waals surface area (Å²) in [6.45, 7) is 6.76. The van der Waals surface area contributed by atoms with Crippen LogP contribution < -0.4 is 0 Å². The van der Waals surface area contributed by atoms with Gasteiger partial charge in [-0.15, -0.1) is 0 Å². The van der Waals surface area contributed by atoms with Crippen LogP contribution in [-0.4, -0.2) is 48.2 Å². The van der Waals surface area contributed by atoms with E-state index in [-0.39, 0.29) is 24.3 Å². The van der Waals surface area contributed by atoms with Crippen LogP contribution in [0.3, 0.4) is 0 Å². The van der Waals surface area contributed by atoms with Gasteiger partial charge < -0.3 is 14.4 Å². The first-order chi connectivity index (χ1) is 10.8. The largest absolute Gasteiger partial charge is 0.444 e. The van der Waals surface area contributed by atoms with Gasteiger partial charge >= 0.3 is 6.09 Å². The third-order valence-electron chi connectivity index (χ3n) is 3.44. The zero-order valence-electron chi connectivity index (χ0n) is 13.7. The number of amides is 1. The number of carbonyl (C=O) groups excluding carboxylic acids is 2. The minimum absolute atomic E-state index is 0.00505. The number of halogens is 1. The molecule has 5 nitrogen and oxygen atoms in total. The molecule has 1 saturated heterocycles. The summed E-state index contributed by atoms with van der Waals surface area (Å²) in [6.07, 6.45) is -0.152. The highest BCUT2D eigenvalue weighted by Crippen LogP contribution is 2.18. The van der Waals surface area contributed by atoms with Crippen LogP contribution in [0.5, 0.6) is 0 Å². The van der Waals surface area contributed by atoms with E-state index in [9.17, 15) is 9.59 Å². The summed E-state index contributed by atoms with van der Waals surface area (Å²) in [5.41, 5.74) is 0.0974. The number of carbonyl (C=O) groups is 2. The Kier molecular flexibility index (Phi) is 6.02. The lowest BCUT2D eigenvalue weighted by Crippen LogP contribution is -2.51. The smallest absolute Gasteiger partial charge is 0.410 e. The van der Waals surface area contributed by atoms with Crippen LogP contribution in [0.2, 0.25) is 0 Å². The summed E-state index contributed by atoms with van der Waals surface area (Å²) in [6, 6.07) is 7.13. The first-order valence-corrected chi connectivity index (χ1v) is 8.70. The van der Waals surface area contributed by atoms with Gasteiger partial charge in [-0.1, -0.05) is 12.1 Å². The summed E-state index contributed by atoms with van der Waals surface area (Å²) in [5.74, 6) is 0.00505. The van der Waals surface area contributed by atoms with E-state index in [0.717, 1.165) is 3.57 Å². The van der Waals surface area contributed by atoms with E-state index in [2.05, 4.69) is 22.6 Å². The minimum atomic E-state index is -0.555. The number of nitrogens with zero attached hydrogens (tertiary/aromatic N) is 1. The van der Waals surface area contributed by atoms with Gasteiger partial charge in [-0.05, 0) is 55.5 Å². The fourth-order valence-corrected chi connectivity index (χ4v) is 2.71. The maximum atomic E-state index is 12.4. The van der Waals surface area contributed by atoms with Crippen molar-refractivity contribution in [1.29, 1.82) is 0 Å². The van der Waals surface area contributed by atoms with Crippen LogP contribution >= 0.6 is 22.6 Å². The van der Waals surface area contributed by atoms with Gasteiger partial charge in [0.15, 0.2) is 5.78 Å². The molecule has 1 aromatic rings. The average molecular weight is 431 g/mol. The molecule has 1 heterocycles. The number of hydrogen-bond acceptors (Lipinski definition) is 4. The molecule has 0 spiro atoms. The maximum absolute atomic E-state index is 12.4. The first kappa shape index (κ1) is 18.2. The van der Waals surface area contributed by atoms with Crippen molar-refractivity contribution >= 4 is 34.5 Å². The molecule has 0 N–H and O–H groups in total. The molecule has 1 fully saturated rings. The van der Waals surface area contributed by atoms with Crippen LogP contribution in [0.1, 0.15) is 37.6 Å². The van der Waals surface area contributed by atoms with Crippen LogP contribution in [-0.2, 0) is 9.47 Å². The third-order valence-corrected chi connectivity index (χ3v) is 4.16. The maximum Gasteiger partial charge on any atom is 0.410 e. The SMILES string of the molecule is CC(C)(C)OC(=O)N1CCOCC1CC(=O)c1ccc(I)cc1. The predicted octanol–water partition coefficient (Wildman–Crippen LogP) is 3.50. The Morgan fingerprint density at radius 1 is 1.30 bits per heavy atom. The summed E-state index contributed by atoms with van der Waals surface area (Å²) in [5, 5.41) is 0. The van der Waals surface area contributed by atoms with Gasteiger partial charge in [0.25, 0.3) is 0 Å². The lowest BCUT2D eigenvalue weighted by molar-refractivity contribution is -0.0322. The van der Waals surface area contributed by atoms with Crippen molar-refractivity contribution in [3.8, 4) is 0 Å². The minimum Gasteiger partial charge on any atom is -0.444 e. The van der Waals surface area contributed by atoms with Crippen LogP contribution in [0.15, 0.2) is 24.3 Å². The molecule has 0 aromatic heterocycles.